The molecular weight excluding hydrogens is 222 g/mol. The smallest absolute Gasteiger partial charge is 0.149 e. The Bertz CT molecular complexity index is 683. The largest absolute Gasteiger partial charge is 0.505 e. The molecule has 3 aromatic rings. The van der Waals surface area contributed by atoms with E-state index in [9.17, 15) is 5.11 Å². The predicted molar refractivity (Wildman–Crippen MR) is 74.7 cm³/mol. The zero-order valence-corrected chi connectivity index (χ0v) is 10.3. The van der Waals surface area contributed by atoms with Gasteiger partial charge in [0.15, 0.2) is 0 Å². The lowest BCUT2D eigenvalue weighted by molar-refractivity contribution is 0.481. The number of hydrogen-bond donors (Lipinski definition) is 1. The van der Waals surface area contributed by atoms with Crippen LogP contribution in [0.5, 0.6) is 5.75 Å². The molecule has 3 rings (SSSR count). The Balaban J connectivity index is 2.38. The van der Waals surface area contributed by atoms with Crippen molar-refractivity contribution in [3.63, 3.8) is 0 Å². The highest BCUT2D eigenvalue weighted by Crippen LogP contribution is 2.38. The topological polar surface area (TPSA) is 25.2 Å². The molecule has 2 nitrogen and oxygen atoms in total. The first-order chi connectivity index (χ1) is 8.83. The molecule has 0 saturated carbocycles. The molecule has 0 saturated heterocycles. The molecule has 1 N–H and O–H groups in total. The normalized spacial score (nSPS) is 10.9. The standard InChI is InChI=1S/C16H15NO/c1-2-17-14-11-7-6-10-13(14)16(18)15(17)12-8-4-3-5-9-12/h3-11,18H,2H2,1H3. The van der Waals surface area contributed by atoms with Crippen molar-refractivity contribution in [1.82, 2.24) is 4.57 Å². The molecule has 0 aliphatic carbocycles. The van der Waals surface area contributed by atoms with Crippen LogP contribution in [0.1, 0.15) is 6.92 Å². The van der Waals surface area contributed by atoms with Crippen molar-refractivity contribution >= 4 is 10.9 Å². The fourth-order valence-electron chi connectivity index (χ4n) is 2.50. The van der Waals surface area contributed by atoms with Gasteiger partial charge in [-0.1, -0.05) is 42.5 Å². The lowest BCUT2D eigenvalue weighted by atomic mass is 10.1. The van der Waals surface area contributed by atoms with Crippen molar-refractivity contribution in [3.05, 3.63) is 54.6 Å². The SMILES string of the molecule is CCn1c(-c2ccccc2)c(O)c2ccccc21. The fourth-order valence-corrected chi connectivity index (χ4v) is 2.50. The molecule has 1 heterocycles. The predicted octanol–water partition coefficient (Wildman–Crippen LogP) is 4.03. The lowest BCUT2D eigenvalue weighted by Gasteiger charge is -2.07. The highest BCUT2D eigenvalue weighted by atomic mass is 16.3. The van der Waals surface area contributed by atoms with Gasteiger partial charge < -0.3 is 9.67 Å². The maximum absolute atomic E-state index is 10.4. The van der Waals surface area contributed by atoms with Gasteiger partial charge in [0, 0.05) is 17.5 Å². The molecule has 0 fully saturated rings. The second kappa shape index (κ2) is 4.22. The van der Waals surface area contributed by atoms with Crippen LogP contribution in [-0.4, -0.2) is 9.67 Å². The van der Waals surface area contributed by atoms with Gasteiger partial charge in [-0.2, -0.15) is 0 Å². The first-order valence-electron chi connectivity index (χ1n) is 6.18. The Morgan fingerprint density at radius 1 is 0.944 bits per heavy atom. The van der Waals surface area contributed by atoms with Crippen molar-refractivity contribution in [2.45, 2.75) is 13.5 Å². The van der Waals surface area contributed by atoms with E-state index in [4.69, 9.17) is 0 Å². The van der Waals surface area contributed by atoms with E-state index in [1.807, 2.05) is 54.6 Å². The van der Waals surface area contributed by atoms with Crippen LogP contribution < -0.4 is 0 Å². The number of nitrogens with zero attached hydrogens (tertiary/aromatic N) is 1. The summed E-state index contributed by atoms with van der Waals surface area (Å²) < 4.78 is 2.15. The molecule has 2 heteroatoms. The number of aromatic nitrogens is 1. The molecular formula is C16H15NO. The van der Waals surface area contributed by atoms with Crippen molar-refractivity contribution < 1.29 is 5.11 Å². The monoisotopic (exact) mass is 237 g/mol. The van der Waals surface area contributed by atoms with Gasteiger partial charge in [0.25, 0.3) is 0 Å². The Kier molecular flexibility index (Phi) is 2.56. The van der Waals surface area contributed by atoms with E-state index in [1.165, 1.54) is 0 Å². The average molecular weight is 237 g/mol. The van der Waals surface area contributed by atoms with E-state index >= 15 is 0 Å². The molecule has 2 aromatic carbocycles. The second-order valence-electron chi connectivity index (χ2n) is 4.32. The zero-order valence-electron chi connectivity index (χ0n) is 10.3. The Morgan fingerprint density at radius 3 is 2.33 bits per heavy atom. The molecule has 0 amide bonds. The molecule has 0 aliphatic rings. The Labute approximate surface area is 106 Å². The van der Waals surface area contributed by atoms with Crippen molar-refractivity contribution in [3.8, 4) is 17.0 Å². The van der Waals surface area contributed by atoms with Crippen LogP contribution in [0, 0.1) is 0 Å². The second-order valence-corrected chi connectivity index (χ2v) is 4.32. The Morgan fingerprint density at radius 2 is 1.61 bits per heavy atom. The summed E-state index contributed by atoms with van der Waals surface area (Å²) >= 11 is 0. The maximum atomic E-state index is 10.4. The number of benzene rings is 2. The molecule has 0 atom stereocenters. The summed E-state index contributed by atoms with van der Waals surface area (Å²) in [6.45, 7) is 2.93. The van der Waals surface area contributed by atoms with Gasteiger partial charge in [0.1, 0.15) is 5.75 Å². The van der Waals surface area contributed by atoms with E-state index in [0.717, 1.165) is 28.7 Å². The highest BCUT2D eigenvalue weighted by molar-refractivity contribution is 5.94. The number of rotatable bonds is 2. The van der Waals surface area contributed by atoms with Crippen LogP contribution >= 0.6 is 0 Å². The van der Waals surface area contributed by atoms with Crippen molar-refractivity contribution in [2.75, 3.05) is 0 Å². The number of fused-ring (bicyclic) bond motifs is 1. The van der Waals surface area contributed by atoms with Gasteiger partial charge >= 0.3 is 0 Å². The summed E-state index contributed by atoms with van der Waals surface area (Å²) in [7, 11) is 0. The molecule has 18 heavy (non-hydrogen) atoms. The van der Waals surface area contributed by atoms with Gasteiger partial charge in [0.05, 0.1) is 11.2 Å². The summed E-state index contributed by atoms with van der Waals surface area (Å²) in [6, 6.07) is 18.0. The van der Waals surface area contributed by atoms with Crippen LogP contribution in [0.15, 0.2) is 54.6 Å². The molecule has 0 radical (unpaired) electrons. The number of hydrogen-bond acceptors (Lipinski definition) is 1. The van der Waals surface area contributed by atoms with Crippen molar-refractivity contribution in [1.29, 1.82) is 0 Å². The van der Waals surface area contributed by atoms with Crippen LogP contribution in [0.3, 0.4) is 0 Å². The molecule has 0 bridgehead atoms. The molecule has 1 aromatic heterocycles. The van der Waals surface area contributed by atoms with Gasteiger partial charge in [-0.05, 0) is 19.1 Å². The third kappa shape index (κ3) is 1.50. The first kappa shape index (κ1) is 10.9. The van der Waals surface area contributed by atoms with E-state index in [0.29, 0.717) is 5.75 Å². The van der Waals surface area contributed by atoms with E-state index in [1.54, 1.807) is 0 Å². The molecule has 0 spiro atoms. The van der Waals surface area contributed by atoms with Crippen LogP contribution in [0.4, 0.5) is 0 Å². The number of para-hydroxylation sites is 1. The minimum atomic E-state index is 0.374. The number of aryl methyl sites for hydroxylation is 1. The number of aromatic hydroxyl groups is 1. The lowest BCUT2D eigenvalue weighted by Crippen LogP contribution is -1.96. The van der Waals surface area contributed by atoms with Crippen LogP contribution in [0.2, 0.25) is 0 Å². The minimum absolute atomic E-state index is 0.374. The van der Waals surface area contributed by atoms with E-state index < -0.39 is 0 Å². The van der Waals surface area contributed by atoms with Gasteiger partial charge in [0.2, 0.25) is 0 Å². The van der Waals surface area contributed by atoms with Gasteiger partial charge in [-0.3, -0.25) is 0 Å². The first-order valence-corrected chi connectivity index (χ1v) is 6.18. The van der Waals surface area contributed by atoms with Crippen LogP contribution in [-0.2, 0) is 6.54 Å². The summed E-state index contributed by atoms with van der Waals surface area (Å²) in [5.41, 5.74) is 3.03. The van der Waals surface area contributed by atoms with Crippen molar-refractivity contribution in [2.24, 2.45) is 0 Å². The minimum Gasteiger partial charge on any atom is -0.505 e. The molecule has 0 unspecified atom stereocenters. The Hall–Kier alpha value is -2.22. The average Bonchev–Trinajstić information content (AvgIpc) is 2.73. The third-order valence-electron chi connectivity index (χ3n) is 3.31. The quantitative estimate of drug-likeness (QED) is 0.715. The highest BCUT2D eigenvalue weighted by Gasteiger charge is 2.16. The fraction of sp³-hybridized carbons (Fsp3) is 0.125. The van der Waals surface area contributed by atoms with E-state index in [-0.39, 0.29) is 0 Å². The summed E-state index contributed by atoms with van der Waals surface area (Å²) in [5, 5.41) is 11.3. The van der Waals surface area contributed by atoms with Gasteiger partial charge in [-0.25, -0.2) is 0 Å². The third-order valence-corrected chi connectivity index (χ3v) is 3.31. The summed E-state index contributed by atoms with van der Waals surface area (Å²) in [4.78, 5) is 0. The van der Waals surface area contributed by atoms with Gasteiger partial charge in [-0.15, -0.1) is 0 Å². The zero-order chi connectivity index (χ0) is 12.5. The summed E-state index contributed by atoms with van der Waals surface area (Å²) in [6.07, 6.45) is 0. The summed E-state index contributed by atoms with van der Waals surface area (Å²) in [5.74, 6) is 0.374. The molecule has 90 valence electrons. The van der Waals surface area contributed by atoms with Crippen LogP contribution in [0.25, 0.3) is 22.2 Å². The maximum Gasteiger partial charge on any atom is 0.149 e. The van der Waals surface area contributed by atoms with E-state index in [2.05, 4.69) is 11.5 Å². The molecule has 0 aliphatic heterocycles.